The molecule has 0 aliphatic carbocycles. The quantitative estimate of drug-likeness (QED) is 0.698. The minimum atomic E-state index is -3.56. The molecule has 7 heteroatoms. The number of benzene rings is 2. The second kappa shape index (κ2) is 9.01. The lowest BCUT2D eigenvalue weighted by atomic mass is 10.0. The second-order valence-electron chi connectivity index (χ2n) is 6.26. The van der Waals surface area contributed by atoms with Gasteiger partial charge in [0.15, 0.2) is 0 Å². The highest BCUT2D eigenvalue weighted by molar-refractivity contribution is 7.88. The van der Waals surface area contributed by atoms with Crippen LogP contribution in [0.3, 0.4) is 0 Å². The van der Waals surface area contributed by atoms with E-state index in [-0.39, 0.29) is 11.8 Å². The van der Waals surface area contributed by atoms with Crippen molar-refractivity contribution in [1.29, 1.82) is 0 Å². The van der Waals surface area contributed by atoms with Gasteiger partial charge < -0.3 is 9.47 Å². The predicted molar refractivity (Wildman–Crippen MR) is 104 cm³/mol. The first kappa shape index (κ1) is 20.9. The van der Waals surface area contributed by atoms with E-state index >= 15 is 0 Å². The second-order valence-corrected chi connectivity index (χ2v) is 8.01. The van der Waals surface area contributed by atoms with Crippen LogP contribution in [-0.4, -0.2) is 28.6 Å². The average Bonchev–Trinajstić information content (AvgIpc) is 2.65. The van der Waals surface area contributed by atoms with Crippen LogP contribution in [0.4, 0.5) is 0 Å². The summed E-state index contributed by atoms with van der Waals surface area (Å²) >= 11 is 0. The summed E-state index contributed by atoms with van der Waals surface area (Å²) in [7, 11) is -0.652. The van der Waals surface area contributed by atoms with E-state index in [9.17, 15) is 13.2 Å². The summed E-state index contributed by atoms with van der Waals surface area (Å²) < 4.78 is 37.9. The lowest BCUT2D eigenvalue weighted by Crippen LogP contribution is -2.29. The number of aryl methyl sites for hydroxylation is 1. The number of hydrogen-bond donors (Lipinski definition) is 1. The maximum absolute atomic E-state index is 12.6. The molecule has 0 amide bonds. The zero-order valence-corrected chi connectivity index (χ0v) is 16.8. The van der Waals surface area contributed by atoms with E-state index in [1.807, 2.05) is 32.0 Å². The van der Waals surface area contributed by atoms with Gasteiger partial charge in [-0.05, 0) is 48.2 Å². The van der Waals surface area contributed by atoms with E-state index in [0.29, 0.717) is 17.5 Å². The van der Waals surface area contributed by atoms with E-state index < -0.39 is 16.0 Å². The third-order valence-corrected chi connectivity index (χ3v) is 5.64. The molecule has 0 aliphatic rings. The number of carbonyl (C=O) groups excluding carboxylic acids is 1. The van der Waals surface area contributed by atoms with Gasteiger partial charge in [-0.2, -0.15) is 0 Å². The Hall–Kier alpha value is -2.38. The van der Waals surface area contributed by atoms with Crippen LogP contribution in [0.1, 0.15) is 46.4 Å². The van der Waals surface area contributed by atoms with Crippen LogP contribution < -0.4 is 9.46 Å². The standard InChI is InChI=1S/C20H25NO5S/c1-5-18(17-10-11-19(25-3)14(2)12-17)21-27(23,24)13-15-6-8-16(9-7-15)20(22)26-4/h6-12,18,21H,5,13H2,1-4H3/t18-/m1/s1. The Labute approximate surface area is 160 Å². The highest BCUT2D eigenvalue weighted by Gasteiger charge is 2.19. The minimum Gasteiger partial charge on any atom is -0.496 e. The van der Waals surface area contributed by atoms with Crippen molar-refractivity contribution >= 4 is 16.0 Å². The summed E-state index contributed by atoms with van der Waals surface area (Å²) in [5.41, 5.74) is 2.81. The molecule has 1 atom stereocenters. The van der Waals surface area contributed by atoms with Crippen molar-refractivity contribution in [3.8, 4) is 5.75 Å². The van der Waals surface area contributed by atoms with Crippen LogP contribution in [0.25, 0.3) is 0 Å². The first-order chi connectivity index (χ1) is 12.8. The molecular formula is C20H25NO5S. The molecule has 27 heavy (non-hydrogen) atoms. The Balaban J connectivity index is 2.13. The number of methoxy groups -OCH3 is 2. The van der Waals surface area contributed by atoms with Gasteiger partial charge in [-0.15, -0.1) is 0 Å². The largest absolute Gasteiger partial charge is 0.496 e. The number of nitrogens with one attached hydrogen (secondary N) is 1. The van der Waals surface area contributed by atoms with Gasteiger partial charge >= 0.3 is 5.97 Å². The van der Waals surface area contributed by atoms with Gasteiger partial charge in [0.25, 0.3) is 0 Å². The minimum absolute atomic E-state index is 0.167. The van der Waals surface area contributed by atoms with Crippen molar-refractivity contribution in [2.45, 2.75) is 32.1 Å². The van der Waals surface area contributed by atoms with Gasteiger partial charge in [0.2, 0.25) is 10.0 Å². The molecule has 0 spiro atoms. The molecule has 0 saturated carbocycles. The molecule has 0 fully saturated rings. The molecule has 0 aromatic heterocycles. The van der Waals surface area contributed by atoms with Gasteiger partial charge in [-0.25, -0.2) is 17.9 Å². The molecule has 146 valence electrons. The molecule has 6 nitrogen and oxygen atoms in total. The smallest absolute Gasteiger partial charge is 0.337 e. The van der Waals surface area contributed by atoms with E-state index in [0.717, 1.165) is 16.9 Å². The Kier molecular flexibility index (Phi) is 6.98. The summed E-state index contributed by atoms with van der Waals surface area (Å²) in [5.74, 6) is 0.144. The zero-order valence-electron chi connectivity index (χ0n) is 16.0. The monoisotopic (exact) mass is 391 g/mol. The molecule has 0 radical (unpaired) electrons. The van der Waals surface area contributed by atoms with Gasteiger partial charge in [-0.3, -0.25) is 0 Å². The molecule has 0 aliphatic heterocycles. The van der Waals surface area contributed by atoms with E-state index in [1.165, 1.54) is 7.11 Å². The molecule has 0 unspecified atom stereocenters. The van der Waals surface area contributed by atoms with Crippen molar-refractivity contribution in [3.63, 3.8) is 0 Å². The Morgan fingerprint density at radius 2 is 1.78 bits per heavy atom. The first-order valence-corrected chi connectivity index (χ1v) is 10.3. The Morgan fingerprint density at radius 1 is 1.11 bits per heavy atom. The average molecular weight is 391 g/mol. The number of sulfonamides is 1. The maximum Gasteiger partial charge on any atom is 0.337 e. The number of rotatable bonds is 8. The van der Waals surface area contributed by atoms with Gasteiger partial charge in [0, 0.05) is 6.04 Å². The fourth-order valence-electron chi connectivity index (χ4n) is 2.84. The molecule has 2 rings (SSSR count). The number of carbonyl (C=O) groups is 1. The molecule has 0 heterocycles. The molecule has 0 bridgehead atoms. The van der Waals surface area contributed by atoms with Crippen LogP contribution in [0.5, 0.6) is 5.75 Å². The number of esters is 1. The number of ether oxygens (including phenoxy) is 2. The van der Waals surface area contributed by atoms with Crippen LogP contribution in [0.2, 0.25) is 0 Å². The van der Waals surface area contributed by atoms with Crippen molar-refractivity contribution < 1.29 is 22.7 Å². The normalized spacial score (nSPS) is 12.4. The fourth-order valence-corrected chi connectivity index (χ4v) is 4.29. The maximum atomic E-state index is 12.6. The van der Waals surface area contributed by atoms with E-state index in [1.54, 1.807) is 31.4 Å². The lowest BCUT2D eigenvalue weighted by Gasteiger charge is -2.19. The fraction of sp³-hybridized carbons (Fsp3) is 0.350. The number of hydrogen-bond acceptors (Lipinski definition) is 5. The Bertz CT molecular complexity index is 891. The first-order valence-electron chi connectivity index (χ1n) is 8.61. The van der Waals surface area contributed by atoms with Crippen LogP contribution in [0, 0.1) is 6.92 Å². The van der Waals surface area contributed by atoms with Crippen LogP contribution >= 0.6 is 0 Å². The van der Waals surface area contributed by atoms with Crippen molar-refractivity contribution in [1.82, 2.24) is 4.72 Å². The van der Waals surface area contributed by atoms with Gasteiger partial charge in [-0.1, -0.05) is 31.2 Å². The van der Waals surface area contributed by atoms with Crippen LogP contribution in [0.15, 0.2) is 42.5 Å². The SMILES string of the molecule is CC[C@@H](NS(=O)(=O)Cc1ccc(C(=O)OC)cc1)c1ccc(OC)c(C)c1. The van der Waals surface area contributed by atoms with Crippen molar-refractivity contribution in [2.24, 2.45) is 0 Å². The highest BCUT2D eigenvalue weighted by atomic mass is 32.2. The van der Waals surface area contributed by atoms with E-state index in [4.69, 9.17) is 4.74 Å². The molecule has 2 aromatic rings. The lowest BCUT2D eigenvalue weighted by molar-refractivity contribution is 0.0600. The van der Waals surface area contributed by atoms with Crippen molar-refractivity contribution in [3.05, 3.63) is 64.7 Å². The topological polar surface area (TPSA) is 81.7 Å². The van der Waals surface area contributed by atoms with Gasteiger partial charge in [0.05, 0.1) is 25.5 Å². The summed E-state index contributed by atoms with van der Waals surface area (Å²) in [6.45, 7) is 3.85. The summed E-state index contributed by atoms with van der Waals surface area (Å²) in [6, 6.07) is 11.7. The summed E-state index contributed by atoms with van der Waals surface area (Å²) in [4.78, 5) is 11.5. The molecule has 1 N–H and O–H groups in total. The highest BCUT2D eigenvalue weighted by Crippen LogP contribution is 2.25. The molecule has 2 aromatic carbocycles. The summed E-state index contributed by atoms with van der Waals surface area (Å²) in [5, 5.41) is 0. The van der Waals surface area contributed by atoms with Crippen molar-refractivity contribution in [2.75, 3.05) is 14.2 Å². The molecule has 0 saturated heterocycles. The predicted octanol–water partition coefficient (Wildman–Crippen LogP) is 3.36. The third-order valence-electron chi connectivity index (χ3n) is 4.28. The van der Waals surface area contributed by atoms with Crippen LogP contribution in [-0.2, 0) is 20.5 Å². The van der Waals surface area contributed by atoms with Gasteiger partial charge in [0.1, 0.15) is 5.75 Å². The third kappa shape index (κ3) is 5.55. The molecular weight excluding hydrogens is 366 g/mol. The van der Waals surface area contributed by atoms with E-state index in [2.05, 4.69) is 9.46 Å². The Morgan fingerprint density at radius 3 is 2.30 bits per heavy atom. The summed E-state index contributed by atoms with van der Waals surface area (Å²) in [6.07, 6.45) is 0.617. The zero-order chi connectivity index (χ0) is 20.0.